The zero-order valence-corrected chi connectivity index (χ0v) is 17.3. The van der Waals surface area contributed by atoms with E-state index in [-0.39, 0.29) is 23.5 Å². The van der Waals surface area contributed by atoms with Crippen LogP contribution in [-0.2, 0) is 16.6 Å². The molecular weight excluding hydrogens is 366 g/mol. The normalized spacial score (nSPS) is 11.4. The fraction of sp³-hybridized carbons (Fsp3) is 0.364. The maximum Gasteiger partial charge on any atom is 0.216 e. The van der Waals surface area contributed by atoms with E-state index in [9.17, 15) is 9.59 Å². The van der Waals surface area contributed by atoms with Crippen molar-refractivity contribution in [2.75, 3.05) is 18.4 Å². The molecule has 7 nitrogen and oxygen atoms in total. The summed E-state index contributed by atoms with van der Waals surface area (Å²) in [5.74, 6) is 0.678. The average molecular weight is 393 g/mol. The quantitative estimate of drug-likeness (QED) is 0.476. The van der Waals surface area contributed by atoms with Crippen LogP contribution in [0.1, 0.15) is 49.3 Å². The fourth-order valence-electron chi connectivity index (χ4n) is 3.03. The lowest BCUT2D eigenvalue weighted by atomic mass is 9.86. The summed E-state index contributed by atoms with van der Waals surface area (Å²) in [5, 5.41) is 10.2. The summed E-state index contributed by atoms with van der Waals surface area (Å²) < 4.78 is 1.68. The number of hydrogen-bond acceptors (Lipinski definition) is 5. The SMILES string of the molecule is CC(=O)NCCNc1cc(CC(=O)c2ccc(C(C)(C)C)cc2)nc2ccnn12. The van der Waals surface area contributed by atoms with Gasteiger partial charge in [-0.25, -0.2) is 4.98 Å². The molecule has 0 atom stereocenters. The zero-order chi connectivity index (χ0) is 21.0. The Morgan fingerprint density at radius 3 is 2.45 bits per heavy atom. The molecule has 3 aromatic rings. The van der Waals surface area contributed by atoms with Gasteiger partial charge in [0, 0.05) is 37.7 Å². The van der Waals surface area contributed by atoms with Gasteiger partial charge in [0.25, 0.3) is 0 Å². The van der Waals surface area contributed by atoms with E-state index in [1.807, 2.05) is 30.3 Å². The first-order valence-corrected chi connectivity index (χ1v) is 9.70. The van der Waals surface area contributed by atoms with Gasteiger partial charge in [0.15, 0.2) is 11.4 Å². The van der Waals surface area contributed by atoms with Crippen LogP contribution in [-0.4, -0.2) is 39.4 Å². The van der Waals surface area contributed by atoms with E-state index in [2.05, 4.69) is 41.5 Å². The third kappa shape index (κ3) is 5.19. The number of amides is 1. The van der Waals surface area contributed by atoms with Crippen molar-refractivity contribution in [1.82, 2.24) is 19.9 Å². The molecule has 7 heteroatoms. The van der Waals surface area contributed by atoms with Crippen molar-refractivity contribution < 1.29 is 9.59 Å². The lowest BCUT2D eigenvalue weighted by molar-refractivity contribution is -0.118. The molecule has 2 aromatic heterocycles. The van der Waals surface area contributed by atoms with Crippen LogP contribution in [0.5, 0.6) is 0 Å². The summed E-state index contributed by atoms with van der Waals surface area (Å²) in [5.41, 5.74) is 3.26. The van der Waals surface area contributed by atoms with Crippen LogP contribution >= 0.6 is 0 Å². The van der Waals surface area contributed by atoms with Crippen LogP contribution in [0.3, 0.4) is 0 Å². The summed E-state index contributed by atoms with van der Waals surface area (Å²) in [7, 11) is 0. The molecule has 0 saturated heterocycles. The van der Waals surface area contributed by atoms with Crippen LogP contribution in [0.4, 0.5) is 5.82 Å². The number of rotatable bonds is 7. The number of anilines is 1. The molecule has 0 saturated carbocycles. The Hall–Kier alpha value is -3.22. The van der Waals surface area contributed by atoms with Crippen molar-refractivity contribution in [3.8, 4) is 0 Å². The number of carbonyl (C=O) groups is 2. The Balaban J connectivity index is 1.75. The van der Waals surface area contributed by atoms with Gasteiger partial charge in [0.2, 0.25) is 5.91 Å². The van der Waals surface area contributed by atoms with Gasteiger partial charge in [-0.15, -0.1) is 0 Å². The maximum absolute atomic E-state index is 12.8. The van der Waals surface area contributed by atoms with Crippen molar-refractivity contribution in [2.45, 2.75) is 39.5 Å². The van der Waals surface area contributed by atoms with Crippen LogP contribution < -0.4 is 10.6 Å². The number of carbonyl (C=O) groups excluding carboxylic acids is 2. The second kappa shape index (κ2) is 8.43. The van der Waals surface area contributed by atoms with E-state index in [0.29, 0.717) is 30.0 Å². The first-order chi connectivity index (χ1) is 13.7. The Bertz CT molecular complexity index is 1020. The number of hydrogen-bond donors (Lipinski definition) is 2. The fourth-order valence-corrected chi connectivity index (χ4v) is 3.03. The molecule has 0 aliphatic carbocycles. The molecule has 2 N–H and O–H groups in total. The number of nitrogens with one attached hydrogen (secondary N) is 2. The number of ketones is 1. The Labute approximate surface area is 170 Å². The third-order valence-corrected chi connectivity index (χ3v) is 4.63. The van der Waals surface area contributed by atoms with E-state index in [0.717, 1.165) is 5.82 Å². The third-order valence-electron chi connectivity index (χ3n) is 4.63. The van der Waals surface area contributed by atoms with Crippen molar-refractivity contribution >= 4 is 23.2 Å². The molecule has 1 amide bonds. The maximum atomic E-state index is 12.8. The van der Waals surface area contributed by atoms with Gasteiger partial charge < -0.3 is 10.6 Å². The molecule has 0 aliphatic rings. The van der Waals surface area contributed by atoms with Gasteiger partial charge >= 0.3 is 0 Å². The van der Waals surface area contributed by atoms with E-state index in [1.165, 1.54) is 12.5 Å². The van der Waals surface area contributed by atoms with Crippen LogP contribution in [0.25, 0.3) is 5.65 Å². The van der Waals surface area contributed by atoms with Crippen LogP contribution in [0.2, 0.25) is 0 Å². The predicted molar refractivity (Wildman–Crippen MR) is 113 cm³/mol. The largest absolute Gasteiger partial charge is 0.368 e. The van der Waals surface area contributed by atoms with Crippen LogP contribution in [0, 0.1) is 0 Å². The van der Waals surface area contributed by atoms with E-state index in [4.69, 9.17) is 0 Å². The summed E-state index contributed by atoms with van der Waals surface area (Å²) in [6.07, 6.45) is 1.87. The highest BCUT2D eigenvalue weighted by atomic mass is 16.1. The number of benzene rings is 1. The standard InChI is InChI=1S/C22H27N5O2/c1-15(28)23-11-12-24-21-14-18(26-20-9-10-25-27(20)21)13-19(29)16-5-7-17(8-6-16)22(2,3)4/h5-10,14,24H,11-13H2,1-4H3,(H,23,28). The Morgan fingerprint density at radius 1 is 1.07 bits per heavy atom. The highest BCUT2D eigenvalue weighted by Gasteiger charge is 2.15. The topological polar surface area (TPSA) is 88.4 Å². The Kier molecular flexibility index (Phi) is 5.96. The molecule has 0 unspecified atom stereocenters. The van der Waals surface area contributed by atoms with Crippen molar-refractivity contribution in [3.63, 3.8) is 0 Å². The van der Waals surface area contributed by atoms with Gasteiger partial charge in [-0.3, -0.25) is 9.59 Å². The monoisotopic (exact) mass is 393 g/mol. The molecule has 0 fully saturated rings. The minimum atomic E-state index is -0.0745. The van der Waals surface area contributed by atoms with E-state index in [1.54, 1.807) is 16.8 Å². The van der Waals surface area contributed by atoms with Crippen molar-refractivity contribution in [2.24, 2.45) is 0 Å². The van der Waals surface area contributed by atoms with Crippen molar-refractivity contribution in [1.29, 1.82) is 0 Å². The molecule has 0 bridgehead atoms. The lowest BCUT2D eigenvalue weighted by Gasteiger charge is -2.19. The Morgan fingerprint density at radius 2 is 1.79 bits per heavy atom. The number of aromatic nitrogens is 3. The second-order valence-electron chi connectivity index (χ2n) is 8.07. The smallest absolute Gasteiger partial charge is 0.216 e. The highest BCUT2D eigenvalue weighted by molar-refractivity contribution is 5.97. The number of fused-ring (bicyclic) bond motifs is 1. The minimum Gasteiger partial charge on any atom is -0.368 e. The van der Waals surface area contributed by atoms with Crippen LogP contribution in [0.15, 0.2) is 42.6 Å². The average Bonchev–Trinajstić information content (AvgIpc) is 3.13. The zero-order valence-electron chi connectivity index (χ0n) is 17.3. The van der Waals surface area contributed by atoms with Gasteiger partial charge in [0.1, 0.15) is 5.82 Å². The molecule has 0 aliphatic heterocycles. The highest BCUT2D eigenvalue weighted by Crippen LogP contribution is 2.22. The van der Waals surface area contributed by atoms with Crippen molar-refractivity contribution in [3.05, 3.63) is 59.4 Å². The summed E-state index contributed by atoms with van der Waals surface area (Å²) in [6.45, 7) is 8.96. The summed E-state index contributed by atoms with van der Waals surface area (Å²) in [6, 6.07) is 11.4. The molecule has 3 rings (SSSR count). The molecule has 152 valence electrons. The van der Waals surface area contributed by atoms with Gasteiger partial charge in [-0.05, 0) is 11.0 Å². The predicted octanol–water partition coefficient (Wildman–Crippen LogP) is 3.00. The van der Waals surface area contributed by atoms with Gasteiger partial charge in [0.05, 0.1) is 18.3 Å². The minimum absolute atomic E-state index is 0.0195. The van der Waals surface area contributed by atoms with Gasteiger partial charge in [-0.1, -0.05) is 45.0 Å². The molecule has 1 aromatic carbocycles. The summed E-state index contributed by atoms with van der Waals surface area (Å²) >= 11 is 0. The molecule has 0 spiro atoms. The summed E-state index contributed by atoms with van der Waals surface area (Å²) in [4.78, 5) is 28.3. The lowest BCUT2D eigenvalue weighted by Crippen LogP contribution is -2.26. The molecule has 29 heavy (non-hydrogen) atoms. The van der Waals surface area contributed by atoms with E-state index >= 15 is 0 Å². The number of Topliss-reactive ketones (excluding diaryl/α,β-unsaturated/α-hetero) is 1. The second-order valence-corrected chi connectivity index (χ2v) is 8.07. The first kappa shape index (κ1) is 20.5. The molecule has 2 heterocycles. The number of nitrogens with zero attached hydrogens (tertiary/aromatic N) is 3. The molecular formula is C22H27N5O2. The first-order valence-electron chi connectivity index (χ1n) is 9.70. The van der Waals surface area contributed by atoms with Gasteiger partial charge in [-0.2, -0.15) is 9.61 Å². The van der Waals surface area contributed by atoms with E-state index < -0.39 is 0 Å². The molecule has 0 radical (unpaired) electrons.